The topological polar surface area (TPSA) is 57.8 Å². The average molecular weight is 287 g/mol. The third-order valence-corrected chi connectivity index (χ3v) is 3.74. The van der Waals surface area contributed by atoms with Crippen LogP contribution in [0.25, 0.3) is 22.8 Å². The minimum absolute atomic E-state index is 0.0727. The molecule has 1 aliphatic rings. The Morgan fingerprint density at radius 3 is 2.64 bits per heavy atom. The number of nitrogens with zero attached hydrogens (tertiary/aromatic N) is 1. The first-order valence-corrected chi connectivity index (χ1v) is 7.02. The van der Waals surface area contributed by atoms with Gasteiger partial charge in [0, 0.05) is 35.5 Å². The van der Waals surface area contributed by atoms with Crippen LogP contribution in [0.5, 0.6) is 0 Å². The molecule has 2 N–H and O–H groups in total. The van der Waals surface area contributed by atoms with Crippen LogP contribution in [0.3, 0.4) is 0 Å². The molecule has 3 heterocycles. The molecule has 2 aromatic heterocycles. The molecule has 4 heteroatoms. The van der Waals surface area contributed by atoms with Crippen LogP contribution in [0.2, 0.25) is 0 Å². The van der Waals surface area contributed by atoms with Gasteiger partial charge in [-0.05, 0) is 47.5 Å². The van der Waals surface area contributed by atoms with E-state index < -0.39 is 0 Å². The van der Waals surface area contributed by atoms with Gasteiger partial charge < -0.3 is 10.3 Å². The third kappa shape index (κ3) is 2.11. The minimum Gasteiger partial charge on any atom is -0.362 e. The zero-order chi connectivity index (χ0) is 14.9. The molecule has 1 aliphatic heterocycles. The number of hydrogen-bond acceptors (Lipinski definition) is 2. The highest BCUT2D eigenvalue weighted by molar-refractivity contribution is 6.35. The third-order valence-electron chi connectivity index (χ3n) is 3.74. The largest absolute Gasteiger partial charge is 0.362 e. The van der Waals surface area contributed by atoms with Crippen LogP contribution in [0, 0.1) is 0 Å². The van der Waals surface area contributed by atoms with Gasteiger partial charge in [-0.25, -0.2) is 0 Å². The van der Waals surface area contributed by atoms with Gasteiger partial charge in [-0.3, -0.25) is 9.78 Å². The Bertz CT molecular complexity index is 865. The number of pyridine rings is 1. The van der Waals surface area contributed by atoms with Crippen molar-refractivity contribution in [3.63, 3.8) is 0 Å². The zero-order valence-corrected chi connectivity index (χ0v) is 11.7. The SMILES string of the molecule is O=C1Nc2cc(-c3ccncc3)ccc2/C1=C/c1ccc[nH]1. The number of anilines is 1. The van der Waals surface area contributed by atoms with Crippen molar-refractivity contribution in [2.24, 2.45) is 0 Å². The van der Waals surface area contributed by atoms with E-state index in [1.807, 2.05) is 54.7 Å². The summed E-state index contributed by atoms with van der Waals surface area (Å²) < 4.78 is 0. The minimum atomic E-state index is -0.0727. The standard InChI is InChI=1S/C18H13N3O/c22-18-16(11-14-2-1-7-20-14)15-4-3-13(10-17(15)21-18)12-5-8-19-9-6-12/h1-11,20H,(H,21,22)/b16-11-. The van der Waals surface area contributed by atoms with E-state index in [4.69, 9.17) is 0 Å². The number of amides is 1. The number of carbonyl (C=O) groups excluding carboxylic acids is 1. The van der Waals surface area contributed by atoms with E-state index in [9.17, 15) is 4.79 Å². The summed E-state index contributed by atoms with van der Waals surface area (Å²) in [5.74, 6) is -0.0727. The molecule has 0 radical (unpaired) electrons. The molecular weight excluding hydrogens is 274 g/mol. The lowest BCUT2D eigenvalue weighted by Crippen LogP contribution is -2.03. The molecule has 4 nitrogen and oxygen atoms in total. The molecular formula is C18H13N3O. The number of fused-ring (bicyclic) bond motifs is 1. The summed E-state index contributed by atoms with van der Waals surface area (Å²) in [6.45, 7) is 0. The number of nitrogens with one attached hydrogen (secondary N) is 2. The van der Waals surface area contributed by atoms with Gasteiger partial charge in [0.1, 0.15) is 0 Å². The molecule has 0 spiro atoms. The fourth-order valence-corrected chi connectivity index (χ4v) is 2.65. The van der Waals surface area contributed by atoms with E-state index in [1.54, 1.807) is 12.4 Å². The summed E-state index contributed by atoms with van der Waals surface area (Å²) >= 11 is 0. The number of aromatic nitrogens is 2. The van der Waals surface area contributed by atoms with Crippen molar-refractivity contribution in [1.29, 1.82) is 0 Å². The van der Waals surface area contributed by atoms with Crippen LogP contribution < -0.4 is 5.32 Å². The van der Waals surface area contributed by atoms with E-state index in [1.165, 1.54) is 0 Å². The Kier molecular flexibility index (Phi) is 2.86. The van der Waals surface area contributed by atoms with Gasteiger partial charge in [0.25, 0.3) is 5.91 Å². The summed E-state index contributed by atoms with van der Waals surface area (Å²) in [6.07, 6.45) is 7.23. The summed E-state index contributed by atoms with van der Waals surface area (Å²) in [7, 11) is 0. The van der Waals surface area contributed by atoms with Crippen LogP contribution >= 0.6 is 0 Å². The van der Waals surface area contributed by atoms with Gasteiger partial charge in [0.2, 0.25) is 0 Å². The first-order chi connectivity index (χ1) is 10.8. The van der Waals surface area contributed by atoms with Crippen molar-refractivity contribution in [3.8, 4) is 11.1 Å². The molecule has 1 amide bonds. The summed E-state index contributed by atoms with van der Waals surface area (Å²) in [5, 5.41) is 2.93. The van der Waals surface area contributed by atoms with E-state index in [0.717, 1.165) is 28.1 Å². The number of aromatic amines is 1. The van der Waals surface area contributed by atoms with E-state index >= 15 is 0 Å². The number of hydrogen-bond donors (Lipinski definition) is 2. The molecule has 0 fully saturated rings. The van der Waals surface area contributed by atoms with Crippen LogP contribution in [0.1, 0.15) is 11.3 Å². The van der Waals surface area contributed by atoms with Gasteiger partial charge in [0.15, 0.2) is 0 Å². The molecule has 1 aromatic carbocycles. The van der Waals surface area contributed by atoms with Crippen LogP contribution in [-0.4, -0.2) is 15.9 Å². The molecule has 22 heavy (non-hydrogen) atoms. The van der Waals surface area contributed by atoms with Crippen molar-refractivity contribution in [1.82, 2.24) is 9.97 Å². The molecule has 0 aliphatic carbocycles. The molecule has 0 saturated carbocycles. The van der Waals surface area contributed by atoms with Gasteiger partial charge in [0.05, 0.1) is 5.57 Å². The summed E-state index contributed by atoms with van der Waals surface area (Å²) in [5.41, 5.74) is 5.50. The lowest BCUT2D eigenvalue weighted by Gasteiger charge is -2.04. The maximum absolute atomic E-state index is 12.2. The molecule has 0 saturated heterocycles. The van der Waals surface area contributed by atoms with Crippen molar-refractivity contribution < 1.29 is 4.79 Å². The quantitative estimate of drug-likeness (QED) is 0.708. The number of benzene rings is 1. The highest BCUT2D eigenvalue weighted by Crippen LogP contribution is 2.35. The normalized spacial score (nSPS) is 14.9. The Morgan fingerprint density at radius 1 is 1.00 bits per heavy atom. The molecule has 0 bridgehead atoms. The van der Waals surface area contributed by atoms with Crippen molar-refractivity contribution in [3.05, 3.63) is 72.3 Å². The summed E-state index contributed by atoms with van der Waals surface area (Å²) in [6, 6.07) is 13.8. The molecule has 106 valence electrons. The van der Waals surface area contributed by atoms with Crippen LogP contribution in [0.15, 0.2) is 61.1 Å². The molecule has 3 aromatic rings. The van der Waals surface area contributed by atoms with Gasteiger partial charge in [-0.1, -0.05) is 12.1 Å². The maximum atomic E-state index is 12.2. The molecule has 0 atom stereocenters. The fraction of sp³-hybridized carbons (Fsp3) is 0. The second kappa shape index (κ2) is 5.00. The van der Waals surface area contributed by atoms with Crippen molar-refractivity contribution >= 4 is 23.2 Å². The molecule has 0 unspecified atom stereocenters. The second-order valence-corrected chi connectivity index (χ2v) is 5.13. The summed E-state index contributed by atoms with van der Waals surface area (Å²) in [4.78, 5) is 19.3. The lowest BCUT2D eigenvalue weighted by atomic mass is 10.0. The predicted octanol–water partition coefficient (Wildman–Crippen LogP) is 3.57. The second-order valence-electron chi connectivity index (χ2n) is 5.13. The van der Waals surface area contributed by atoms with Gasteiger partial charge >= 0.3 is 0 Å². The van der Waals surface area contributed by atoms with E-state index in [2.05, 4.69) is 15.3 Å². The predicted molar refractivity (Wildman–Crippen MR) is 87.0 cm³/mol. The highest BCUT2D eigenvalue weighted by Gasteiger charge is 2.24. The number of rotatable bonds is 2. The lowest BCUT2D eigenvalue weighted by molar-refractivity contribution is -0.110. The Balaban J connectivity index is 1.78. The monoisotopic (exact) mass is 287 g/mol. The first kappa shape index (κ1) is 12.6. The van der Waals surface area contributed by atoms with E-state index in [-0.39, 0.29) is 5.91 Å². The van der Waals surface area contributed by atoms with Gasteiger partial charge in [-0.2, -0.15) is 0 Å². The first-order valence-electron chi connectivity index (χ1n) is 7.02. The molecule has 4 rings (SSSR count). The van der Waals surface area contributed by atoms with Gasteiger partial charge in [-0.15, -0.1) is 0 Å². The van der Waals surface area contributed by atoms with E-state index in [0.29, 0.717) is 5.57 Å². The fourth-order valence-electron chi connectivity index (χ4n) is 2.65. The Morgan fingerprint density at radius 2 is 1.86 bits per heavy atom. The van der Waals surface area contributed by atoms with Crippen LogP contribution in [-0.2, 0) is 4.79 Å². The Labute approximate surface area is 127 Å². The Hall–Kier alpha value is -3.14. The van der Waals surface area contributed by atoms with Crippen molar-refractivity contribution in [2.75, 3.05) is 5.32 Å². The smallest absolute Gasteiger partial charge is 0.256 e. The highest BCUT2D eigenvalue weighted by atomic mass is 16.2. The number of H-pyrrole nitrogens is 1. The number of carbonyl (C=O) groups is 1. The average Bonchev–Trinajstić information content (AvgIpc) is 3.17. The van der Waals surface area contributed by atoms with Crippen molar-refractivity contribution in [2.45, 2.75) is 0 Å². The zero-order valence-electron chi connectivity index (χ0n) is 11.7. The van der Waals surface area contributed by atoms with Crippen LogP contribution in [0.4, 0.5) is 5.69 Å². The maximum Gasteiger partial charge on any atom is 0.256 e.